The van der Waals surface area contributed by atoms with Gasteiger partial charge in [-0.25, -0.2) is 14.4 Å². The molecular formula is C24H19F3O6Si. The summed E-state index contributed by atoms with van der Waals surface area (Å²) in [5.74, 6) is -3.26. The molecule has 0 aliphatic heterocycles. The Morgan fingerprint density at radius 1 is 0.588 bits per heavy atom. The van der Waals surface area contributed by atoms with Gasteiger partial charge in [0.1, 0.15) is 0 Å². The minimum absolute atomic E-state index is 0.0158. The maximum atomic E-state index is 13.2. The second kappa shape index (κ2) is 10.8. The van der Waals surface area contributed by atoms with Crippen molar-refractivity contribution in [2.24, 2.45) is 0 Å². The fraction of sp³-hybridized carbons (Fsp3) is 0.125. The molecule has 0 unspecified atom stereocenters. The molecule has 10 heteroatoms. The summed E-state index contributed by atoms with van der Waals surface area (Å²) >= 11 is 0. The normalized spacial score (nSPS) is 11.4. The Bertz CT molecular complexity index is 992. The minimum atomic E-state index is -4.91. The molecule has 0 heterocycles. The van der Waals surface area contributed by atoms with Crippen LogP contribution < -0.4 is 0 Å². The van der Waals surface area contributed by atoms with Gasteiger partial charge in [0.2, 0.25) is 0 Å². The highest BCUT2D eigenvalue weighted by atomic mass is 28.4. The molecule has 0 radical (unpaired) electrons. The Labute approximate surface area is 194 Å². The van der Waals surface area contributed by atoms with Crippen LogP contribution in [0.25, 0.3) is 0 Å². The Hall–Kier alpha value is -3.92. The SMILES string of the molecule is O=C(O[Si](CCC(F)(F)F)(OC(=O)c1ccccc1)OC(=O)c1ccccc1)c1ccccc1. The standard InChI is InChI=1S/C24H19F3O6Si/c25-24(26,27)16-17-34(31-21(28)18-10-4-1-5-11-18,32-22(29)19-12-6-2-7-13-19)33-23(30)20-14-8-3-9-15-20/h1-15H,16-17H2. The third-order valence-corrected chi connectivity index (χ3v) is 6.84. The van der Waals surface area contributed by atoms with Crippen molar-refractivity contribution in [3.63, 3.8) is 0 Å². The molecule has 0 aliphatic carbocycles. The second-order valence-electron chi connectivity index (χ2n) is 7.06. The first kappa shape index (κ1) is 24.7. The zero-order valence-electron chi connectivity index (χ0n) is 17.7. The fourth-order valence-corrected chi connectivity index (χ4v) is 5.06. The highest BCUT2D eigenvalue weighted by Gasteiger charge is 2.55. The van der Waals surface area contributed by atoms with Gasteiger partial charge in [0, 0.05) is 0 Å². The average Bonchev–Trinajstić information content (AvgIpc) is 2.84. The molecule has 3 aromatic carbocycles. The molecule has 6 nitrogen and oxygen atoms in total. The molecule has 0 aliphatic rings. The highest BCUT2D eigenvalue weighted by molar-refractivity contribution is 6.66. The third-order valence-electron chi connectivity index (χ3n) is 4.49. The van der Waals surface area contributed by atoms with Gasteiger partial charge in [-0.3, -0.25) is 0 Å². The van der Waals surface area contributed by atoms with Crippen LogP contribution in [0.1, 0.15) is 37.5 Å². The molecule has 0 fully saturated rings. The van der Waals surface area contributed by atoms with Crippen LogP contribution in [-0.4, -0.2) is 32.9 Å². The van der Waals surface area contributed by atoms with Gasteiger partial charge in [0.25, 0.3) is 0 Å². The molecule has 0 saturated carbocycles. The molecular weight excluding hydrogens is 469 g/mol. The van der Waals surface area contributed by atoms with Crippen molar-refractivity contribution < 1.29 is 40.8 Å². The molecule has 0 saturated heterocycles. The number of carbonyl (C=O) groups excluding carboxylic acids is 3. The lowest BCUT2D eigenvalue weighted by Gasteiger charge is -2.28. The van der Waals surface area contributed by atoms with Gasteiger partial charge in [0.15, 0.2) is 0 Å². The molecule has 0 bridgehead atoms. The fourth-order valence-electron chi connectivity index (χ4n) is 2.83. The summed E-state index contributed by atoms with van der Waals surface area (Å²) in [6.45, 7) is 0. The van der Waals surface area contributed by atoms with Crippen molar-refractivity contribution in [1.82, 2.24) is 0 Å². The first-order valence-electron chi connectivity index (χ1n) is 10.1. The third kappa shape index (κ3) is 7.04. The predicted octanol–water partition coefficient (Wildman–Crippen LogP) is 5.45. The molecule has 3 aromatic rings. The quantitative estimate of drug-likeness (QED) is 0.393. The lowest BCUT2D eigenvalue weighted by atomic mass is 10.2. The van der Waals surface area contributed by atoms with Gasteiger partial charge in [-0.15, -0.1) is 0 Å². The van der Waals surface area contributed by atoms with Crippen molar-refractivity contribution in [2.75, 3.05) is 0 Å². The Morgan fingerprint density at radius 2 is 0.882 bits per heavy atom. The monoisotopic (exact) mass is 488 g/mol. The van der Waals surface area contributed by atoms with Gasteiger partial charge in [-0.2, -0.15) is 13.2 Å². The van der Waals surface area contributed by atoms with E-state index in [0.29, 0.717) is 0 Å². The van der Waals surface area contributed by atoms with Gasteiger partial charge in [-0.1, -0.05) is 54.6 Å². The van der Waals surface area contributed by atoms with Gasteiger partial charge >= 0.3 is 32.9 Å². The number of hydrogen-bond acceptors (Lipinski definition) is 6. The van der Waals surface area contributed by atoms with E-state index in [2.05, 4.69) is 0 Å². The van der Waals surface area contributed by atoms with Crippen LogP contribution in [0.15, 0.2) is 91.0 Å². The molecule has 0 aromatic heterocycles. The summed E-state index contributed by atoms with van der Waals surface area (Å²) in [6, 6.07) is 21.1. The first-order chi connectivity index (χ1) is 16.2. The van der Waals surface area contributed by atoms with Gasteiger partial charge in [0.05, 0.1) is 29.2 Å². The van der Waals surface area contributed by atoms with Gasteiger partial charge < -0.3 is 13.3 Å². The number of rotatable bonds is 8. The number of halogens is 3. The number of benzene rings is 3. The highest BCUT2D eigenvalue weighted by Crippen LogP contribution is 2.30. The van der Waals surface area contributed by atoms with E-state index >= 15 is 0 Å². The lowest BCUT2D eigenvalue weighted by Crippen LogP contribution is -2.51. The van der Waals surface area contributed by atoms with E-state index in [4.69, 9.17) is 13.3 Å². The van der Waals surface area contributed by atoms with Crippen molar-refractivity contribution in [1.29, 1.82) is 0 Å². The van der Waals surface area contributed by atoms with E-state index in [0.717, 1.165) is 0 Å². The molecule has 34 heavy (non-hydrogen) atoms. The topological polar surface area (TPSA) is 78.9 Å². The van der Waals surface area contributed by atoms with E-state index in [9.17, 15) is 27.6 Å². The van der Waals surface area contributed by atoms with Crippen LogP contribution >= 0.6 is 0 Å². The van der Waals surface area contributed by atoms with E-state index in [1.165, 1.54) is 72.8 Å². The average molecular weight is 488 g/mol. The minimum Gasteiger partial charge on any atom is -0.451 e. The van der Waals surface area contributed by atoms with E-state index in [1.54, 1.807) is 18.2 Å². The smallest absolute Gasteiger partial charge is 0.451 e. The summed E-state index contributed by atoms with van der Waals surface area (Å²) in [6.07, 6.45) is -6.21. The summed E-state index contributed by atoms with van der Waals surface area (Å²) < 4.78 is 55.5. The molecule has 0 spiro atoms. The maximum Gasteiger partial charge on any atom is 0.706 e. The largest absolute Gasteiger partial charge is 0.706 e. The van der Waals surface area contributed by atoms with Crippen LogP contribution in [0, 0.1) is 0 Å². The summed E-state index contributed by atoms with van der Waals surface area (Å²) in [7, 11) is -4.91. The van der Waals surface area contributed by atoms with Crippen LogP contribution in [0.4, 0.5) is 13.2 Å². The first-order valence-corrected chi connectivity index (χ1v) is 12.0. The van der Waals surface area contributed by atoms with Crippen molar-refractivity contribution >= 4 is 26.7 Å². The van der Waals surface area contributed by atoms with Crippen LogP contribution in [0.5, 0.6) is 0 Å². The number of alkyl halides is 3. The lowest BCUT2D eigenvalue weighted by molar-refractivity contribution is -0.132. The molecule has 0 N–H and O–H groups in total. The second-order valence-corrected chi connectivity index (χ2v) is 9.54. The number of hydrogen-bond donors (Lipinski definition) is 0. The molecule has 3 rings (SSSR count). The van der Waals surface area contributed by atoms with E-state index in [-0.39, 0.29) is 16.7 Å². The van der Waals surface area contributed by atoms with Crippen LogP contribution in [-0.2, 0) is 13.3 Å². The van der Waals surface area contributed by atoms with Crippen molar-refractivity contribution in [3.8, 4) is 0 Å². The van der Waals surface area contributed by atoms with E-state index in [1.807, 2.05) is 0 Å². The molecule has 0 atom stereocenters. The predicted molar refractivity (Wildman–Crippen MR) is 117 cm³/mol. The van der Waals surface area contributed by atoms with E-state index < -0.39 is 45.4 Å². The van der Waals surface area contributed by atoms with Crippen molar-refractivity contribution in [3.05, 3.63) is 108 Å². The maximum absolute atomic E-state index is 13.2. The Morgan fingerprint density at radius 3 is 1.15 bits per heavy atom. The zero-order valence-corrected chi connectivity index (χ0v) is 18.7. The Kier molecular flexibility index (Phi) is 7.85. The van der Waals surface area contributed by atoms with Crippen LogP contribution in [0.3, 0.4) is 0 Å². The summed E-state index contributed by atoms with van der Waals surface area (Å²) in [5.41, 5.74) is -0.0475. The molecule has 176 valence electrons. The van der Waals surface area contributed by atoms with Crippen LogP contribution in [0.2, 0.25) is 6.04 Å². The zero-order chi connectivity index (χ0) is 24.6. The van der Waals surface area contributed by atoms with Crippen molar-refractivity contribution in [2.45, 2.75) is 18.6 Å². The number of carbonyl (C=O) groups is 3. The molecule has 0 amide bonds. The summed E-state index contributed by atoms with van der Waals surface area (Å²) in [4.78, 5) is 38.3. The Balaban J connectivity index is 1.99. The summed E-state index contributed by atoms with van der Waals surface area (Å²) in [5, 5.41) is 0. The van der Waals surface area contributed by atoms with Gasteiger partial charge in [-0.05, 0) is 36.4 Å².